The summed E-state index contributed by atoms with van der Waals surface area (Å²) in [6, 6.07) is 2.54. The predicted molar refractivity (Wildman–Crippen MR) is 70.1 cm³/mol. The van der Waals surface area contributed by atoms with E-state index in [4.69, 9.17) is 0 Å². The van der Waals surface area contributed by atoms with Gasteiger partial charge in [0.05, 0.1) is 5.39 Å². The van der Waals surface area contributed by atoms with Crippen molar-refractivity contribution in [2.24, 2.45) is 0 Å². The number of thiophene rings is 1. The van der Waals surface area contributed by atoms with E-state index in [0.717, 1.165) is 28.3 Å². The highest BCUT2D eigenvalue weighted by Crippen LogP contribution is 2.25. The van der Waals surface area contributed by atoms with Crippen molar-refractivity contribution in [3.8, 4) is 0 Å². The average molecular weight is 235 g/mol. The summed E-state index contributed by atoms with van der Waals surface area (Å²) in [7, 11) is 0. The van der Waals surface area contributed by atoms with E-state index in [9.17, 15) is 0 Å². The lowest BCUT2D eigenvalue weighted by Gasteiger charge is -2.14. The summed E-state index contributed by atoms with van der Waals surface area (Å²) >= 11 is 1.66. The monoisotopic (exact) mass is 235 g/mol. The molecule has 0 saturated carbocycles. The van der Waals surface area contributed by atoms with Crippen LogP contribution in [-0.2, 0) is 0 Å². The van der Waals surface area contributed by atoms with Crippen LogP contribution in [0.2, 0.25) is 0 Å². The molecule has 2 aromatic heterocycles. The molecule has 0 spiro atoms. The number of hydrogen-bond acceptors (Lipinski definition) is 4. The molecule has 1 N–H and O–H groups in total. The summed E-state index contributed by atoms with van der Waals surface area (Å²) in [5.74, 6) is 1.81. The largest absolute Gasteiger partial charge is 0.367 e. The Morgan fingerprint density at radius 3 is 3.00 bits per heavy atom. The highest BCUT2D eigenvalue weighted by molar-refractivity contribution is 7.16. The second-order valence-corrected chi connectivity index (χ2v) is 4.99. The second kappa shape index (κ2) is 4.78. The van der Waals surface area contributed by atoms with Crippen LogP contribution in [0.25, 0.3) is 10.2 Å². The molecular formula is C12H17N3S. The molecule has 0 aliphatic rings. The van der Waals surface area contributed by atoms with E-state index >= 15 is 0 Å². The Morgan fingerprint density at radius 2 is 2.25 bits per heavy atom. The number of fused-ring (bicyclic) bond motifs is 1. The van der Waals surface area contributed by atoms with Gasteiger partial charge >= 0.3 is 0 Å². The Morgan fingerprint density at radius 1 is 1.44 bits per heavy atom. The third kappa shape index (κ3) is 2.32. The summed E-state index contributed by atoms with van der Waals surface area (Å²) in [4.78, 5) is 9.97. The van der Waals surface area contributed by atoms with E-state index < -0.39 is 0 Å². The minimum Gasteiger partial charge on any atom is -0.367 e. The molecule has 0 aliphatic carbocycles. The lowest BCUT2D eigenvalue weighted by atomic mass is 10.2. The molecule has 0 aliphatic heterocycles. The number of aromatic nitrogens is 2. The molecule has 86 valence electrons. The van der Waals surface area contributed by atoms with Crippen molar-refractivity contribution in [3.63, 3.8) is 0 Å². The molecule has 1 unspecified atom stereocenters. The predicted octanol–water partition coefficient (Wildman–Crippen LogP) is 3.60. The van der Waals surface area contributed by atoms with E-state index in [1.54, 1.807) is 11.3 Å². The highest BCUT2D eigenvalue weighted by Gasteiger charge is 2.08. The first-order chi connectivity index (χ1) is 7.70. The molecule has 4 heteroatoms. The van der Waals surface area contributed by atoms with Gasteiger partial charge in [0.25, 0.3) is 0 Å². The number of hydrogen-bond donors (Lipinski definition) is 1. The van der Waals surface area contributed by atoms with Crippen molar-refractivity contribution in [1.82, 2.24) is 9.97 Å². The lowest BCUT2D eigenvalue weighted by molar-refractivity contribution is 0.688. The first-order valence-electron chi connectivity index (χ1n) is 5.69. The minimum atomic E-state index is 0.461. The van der Waals surface area contributed by atoms with Crippen LogP contribution in [0, 0.1) is 6.92 Å². The standard InChI is InChI=1S/C12H17N3S/c1-4-5-8(2)13-11-10-6-7-16-12(10)15-9(3)14-11/h6-8H,4-5H2,1-3H3,(H,13,14,15). The summed E-state index contributed by atoms with van der Waals surface area (Å²) in [6.07, 6.45) is 2.35. The Hall–Kier alpha value is -1.16. The zero-order chi connectivity index (χ0) is 11.5. The van der Waals surface area contributed by atoms with Crippen molar-refractivity contribution in [2.75, 3.05) is 5.32 Å². The summed E-state index contributed by atoms with van der Waals surface area (Å²) in [5, 5.41) is 6.67. The van der Waals surface area contributed by atoms with Crippen LogP contribution < -0.4 is 5.32 Å². The van der Waals surface area contributed by atoms with Gasteiger partial charge in [0.15, 0.2) is 0 Å². The molecule has 0 fully saturated rings. The Labute approximate surface area is 99.9 Å². The number of nitrogens with zero attached hydrogens (tertiary/aromatic N) is 2. The SMILES string of the molecule is CCCC(C)Nc1nc(C)nc2sccc12. The Kier molecular flexibility index (Phi) is 3.39. The fourth-order valence-electron chi connectivity index (χ4n) is 1.81. The second-order valence-electron chi connectivity index (χ2n) is 4.09. The van der Waals surface area contributed by atoms with E-state index in [2.05, 4.69) is 40.6 Å². The lowest BCUT2D eigenvalue weighted by Crippen LogP contribution is -2.16. The fourth-order valence-corrected chi connectivity index (χ4v) is 2.62. The van der Waals surface area contributed by atoms with E-state index in [1.165, 1.54) is 6.42 Å². The third-order valence-electron chi connectivity index (χ3n) is 2.54. The Balaban J connectivity index is 2.31. The van der Waals surface area contributed by atoms with Crippen LogP contribution in [0.3, 0.4) is 0 Å². The average Bonchev–Trinajstić information content (AvgIpc) is 2.65. The summed E-state index contributed by atoms with van der Waals surface area (Å²) in [5.41, 5.74) is 0. The van der Waals surface area contributed by atoms with Crippen LogP contribution in [0.1, 0.15) is 32.5 Å². The highest BCUT2D eigenvalue weighted by atomic mass is 32.1. The summed E-state index contributed by atoms with van der Waals surface area (Å²) < 4.78 is 0. The molecule has 2 heterocycles. The molecule has 0 aromatic carbocycles. The minimum absolute atomic E-state index is 0.461. The number of nitrogens with one attached hydrogen (secondary N) is 1. The molecule has 0 radical (unpaired) electrons. The molecule has 0 amide bonds. The van der Waals surface area contributed by atoms with Gasteiger partial charge in [-0.2, -0.15) is 0 Å². The third-order valence-corrected chi connectivity index (χ3v) is 3.35. The zero-order valence-corrected chi connectivity index (χ0v) is 10.8. The quantitative estimate of drug-likeness (QED) is 0.879. The maximum Gasteiger partial charge on any atom is 0.138 e. The number of anilines is 1. The maximum absolute atomic E-state index is 4.48. The van der Waals surface area contributed by atoms with Crippen molar-refractivity contribution in [1.29, 1.82) is 0 Å². The zero-order valence-electron chi connectivity index (χ0n) is 9.95. The molecule has 3 nitrogen and oxygen atoms in total. The fraction of sp³-hybridized carbons (Fsp3) is 0.500. The smallest absolute Gasteiger partial charge is 0.138 e. The van der Waals surface area contributed by atoms with Crippen molar-refractivity contribution < 1.29 is 0 Å². The number of aryl methyl sites for hydroxylation is 1. The molecule has 16 heavy (non-hydrogen) atoms. The molecule has 2 rings (SSSR count). The van der Waals surface area contributed by atoms with Gasteiger partial charge < -0.3 is 5.32 Å². The Bertz CT molecular complexity index is 478. The molecule has 1 atom stereocenters. The number of rotatable bonds is 4. The van der Waals surface area contributed by atoms with Gasteiger partial charge in [-0.05, 0) is 31.7 Å². The first kappa shape index (κ1) is 11.3. The van der Waals surface area contributed by atoms with Crippen molar-refractivity contribution >= 4 is 27.4 Å². The van der Waals surface area contributed by atoms with Crippen molar-refractivity contribution in [2.45, 2.75) is 39.7 Å². The normalized spacial score (nSPS) is 12.9. The van der Waals surface area contributed by atoms with Crippen molar-refractivity contribution in [3.05, 3.63) is 17.3 Å². The summed E-state index contributed by atoms with van der Waals surface area (Å²) in [6.45, 7) is 6.33. The van der Waals surface area contributed by atoms with E-state index in [0.29, 0.717) is 6.04 Å². The van der Waals surface area contributed by atoms with Gasteiger partial charge in [-0.3, -0.25) is 0 Å². The van der Waals surface area contributed by atoms with Crippen LogP contribution in [-0.4, -0.2) is 16.0 Å². The molecular weight excluding hydrogens is 218 g/mol. The van der Waals surface area contributed by atoms with Crippen LogP contribution in [0.15, 0.2) is 11.4 Å². The van der Waals surface area contributed by atoms with Crippen LogP contribution >= 0.6 is 11.3 Å². The van der Waals surface area contributed by atoms with Crippen LogP contribution in [0.4, 0.5) is 5.82 Å². The van der Waals surface area contributed by atoms with E-state index in [-0.39, 0.29) is 0 Å². The molecule has 2 aromatic rings. The maximum atomic E-state index is 4.48. The van der Waals surface area contributed by atoms with E-state index in [1.807, 2.05) is 6.92 Å². The molecule has 0 bridgehead atoms. The van der Waals surface area contributed by atoms with Gasteiger partial charge in [-0.1, -0.05) is 13.3 Å². The van der Waals surface area contributed by atoms with Gasteiger partial charge in [0, 0.05) is 6.04 Å². The first-order valence-corrected chi connectivity index (χ1v) is 6.57. The van der Waals surface area contributed by atoms with Gasteiger partial charge in [-0.15, -0.1) is 11.3 Å². The molecule has 0 saturated heterocycles. The van der Waals surface area contributed by atoms with Gasteiger partial charge in [0.1, 0.15) is 16.5 Å². The topological polar surface area (TPSA) is 37.8 Å². The van der Waals surface area contributed by atoms with Gasteiger partial charge in [0.2, 0.25) is 0 Å². The van der Waals surface area contributed by atoms with Gasteiger partial charge in [-0.25, -0.2) is 9.97 Å². The van der Waals surface area contributed by atoms with Crippen LogP contribution in [0.5, 0.6) is 0 Å².